The summed E-state index contributed by atoms with van der Waals surface area (Å²) >= 11 is 0. The van der Waals surface area contributed by atoms with E-state index < -0.39 is 0 Å². The summed E-state index contributed by atoms with van der Waals surface area (Å²) in [7, 11) is 0. The van der Waals surface area contributed by atoms with Gasteiger partial charge in [-0.15, -0.1) is 0 Å². The van der Waals surface area contributed by atoms with Crippen LogP contribution in [0.25, 0.3) is 11.4 Å². The lowest BCUT2D eigenvalue weighted by Crippen LogP contribution is -2.13. The van der Waals surface area contributed by atoms with Gasteiger partial charge in [-0.2, -0.15) is 0 Å². The van der Waals surface area contributed by atoms with Crippen LogP contribution in [0.15, 0.2) is 24.3 Å². The van der Waals surface area contributed by atoms with Gasteiger partial charge in [0, 0.05) is 23.4 Å². The molecule has 0 spiro atoms. The Morgan fingerprint density at radius 1 is 1.10 bits per heavy atom. The number of benzene rings is 1. The third-order valence-corrected chi connectivity index (χ3v) is 3.65. The van der Waals surface area contributed by atoms with Crippen LogP contribution in [-0.2, 0) is 12.8 Å². The monoisotopic (exact) mass is 269 g/mol. The number of hydrogen-bond acceptors (Lipinski definition) is 4. The number of fused-ring (bicyclic) bond motifs is 1. The van der Waals surface area contributed by atoms with Crippen molar-refractivity contribution in [2.45, 2.75) is 32.6 Å². The van der Waals surface area contributed by atoms with Crippen LogP contribution in [-0.4, -0.2) is 21.6 Å². The van der Waals surface area contributed by atoms with Gasteiger partial charge in [0.1, 0.15) is 11.6 Å². The van der Waals surface area contributed by atoms with Crippen LogP contribution >= 0.6 is 0 Å². The first-order valence-electron chi connectivity index (χ1n) is 7.21. The van der Waals surface area contributed by atoms with E-state index in [9.17, 15) is 5.11 Å². The van der Waals surface area contributed by atoms with Gasteiger partial charge < -0.3 is 10.4 Å². The van der Waals surface area contributed by atoms with E-state index in [1.165, 1.54) is 24.1 Å². The third kappa shape index (κ3) is 2.46. The quantitative estimate of drug-likeness (QED) is 0.898. The maximum Gasteiger partial charge on any atom is 0.161 e. The van der Waals surface area contributed by atoms with Crippen LogP contribution in [0, 0.1) is 0 Å². The van der Waals surface area contributed by atoms with E-state index in [4.69, 9.17) is 4.98 Å². The van der Waals surface area contributed by atoms with Gasteiger partial charge in [-0.1, -0.05) is 0 Å². The van der Waals surface area contributed by atoms with Gasteiger partial charge in [-0.3, -0.25) is 0 Å². The van der Waals surface area contributed by atoms with E-state index in [1.807, 2.05) is 12.1 Å². The van der Waals surface area contributed by atoms with Crippen molar-refractivity contribution >= 4 is 5.82 Å². The summed E-state index contributed by atoms with van der Waals surface area (Å²) in [4.78, 5) is 9.40. The highest BCUT2D eigenvalue weighted by Gasteiger charge is 2.18. The number of aromatic hydroxyl groups is 1. The van der Waals surface area contributed by atoms with E-state index in [0.717, 1.165) is 36.6 Å². The highest BCUT2D eigenvalue weighted by atomic mass is 16.3. The highest BCUT2D eigenvalue weighted by Crippen LogP contribution is 2.28. The average molecular weight is 269 g/mol. The van der Waals surface area contributed by atoms with Crippen LogP contribution < -0.4 is 5.32 Å². The zero-order chi connectivity index (χ0) is 13.9. The Morgan fingerprint density at radius 2 is 1.85 bits per heavy atom. The molecule has 3 rings (SSSR count). The maximum absolute atomic E-state index is 9.38. The van der Waals surface area contributed by atoms with E-state index in [0.29, 0.717) is 0 Å². The summed E-state index contributed by atoms with van der Waals surface area (Å²) < 4.78 is 0. The largest absolute Gasteiger partial charge is 0.508 e. The molecule has 1 aliphatic carbocycles. The molecule has 20 heavy (non-hydrogen) atoms. The van der Waals surface area contributed by atoms with Gasteiger partial charge >= 0.3 is 0 Å². The molecule has 0 atom stereocenters. The number of aryl methyl sites for hydroxylation is 1. The van der Waals surface area contributed by atoms with Crippen molar-refractivity contribution in [3.05, 3.63) is 35.5 Å². The molecule has 0 amide bonds. The van der Waals surface area contributed by atoms with Gasteiger partial charge in [0.2, 0.25) is 0 Å². The number of phenols is 1. The SMILES string of the molecule is CCNc1nc(-c2ccc(O)cc2)nc2c1CCCC2. The Morgan fingerprint density at radius 3 is 2.60 bits per heavy atom. The molecule has 0 saturated carbocycles. The molecule has 2 N–H and O–H groups in total. The normalized spacial score (nSPS) is 13.8. The minimum Gasteiger partial charge on any atom is -0.508 e. The van der Waals surface area contributed by atoms with E-state index in [2.05, 4.69) is 17.2 Å². The molecule has 1 aromatic heterocycles. The first-order valence-corrected chi connectivity index (χ1v) is 7.21. The van der Waals surface area contributed by atoms with Crippen molar-refractivity contribution < 1.29 is 5.11 Å². The Hall–Kier alpha value is -2.10. The number of anilines is 1. The average Bonchev–Trinajstić information content (AvgIpc) is 2.48. The van der Waals surface area contributed by atoms with Crippen LogP contribution in [0.2, 0.25) is 0 Å². The second-order valence-corrected chi connectivity index (χ2v) is 5.11. The molecule has 1 aliphatic rings. The van der Waals surface area contributed by atoms with Crippen LogP contribution in [0.4, 0.5) is 5.82 Å². The van der Waals surface area contributed by atoms with Gasteiger partial charge in [-0.05, 0) is 56.9 Å². The molecule has 0 radical (unpaired) electrons. The minimum absolute atomic E-state index is 0.263. The molecule has 0 unspecified atom stereocenters. The summed E-state index contributed by atoms with van der Waals surface area (Å²) in [6, 6.07) is 7.06. The summed E-state index contributed by atoms with van der Waals surface area (Å²) in [5.41, 5.74) is 3.39. The highest BCUT2D eigenvalue weighted by molar-refractivity contribution is 5.61. The summed E-state index contributed by atoms with van der Waals surface area (Å²) in [6.45, 7) is 2.94. The second kappa shape index (κ2) is 5.49. The summed E-state index contributed by atoms with van der Waals surface area (Å²) in [6.07, 6.45) is 4.51. The Bertz CT molecular complexity index is 608. The summed E-state index contributed by atoms with van der Waals surface area (Å²) in [5.74, 6) is 1.97. The predicted octanol–water partition coefficient (Wildman–Crippen LogP) is 3.16. The standard InChI is InChI=1S/C16H19N3O/c1-2-17-16-13-5-3-4-6-14(13)18-15(19-16)11-7-9-12(20)10-8-11/h7-10,20H,2-6H2,1H3,(H,17,18,19). The van der Waals surface area contributed by atoms with Crippen molar-refractivity contribution in [2.24, 2.45) is 0 Å². The fraction of sp³-hybridized carbons (Fsp3) is 0.375. The van der Waals surface area contributed by atoms with E-state index >= 15 is 0 Å². The topological polar surface area (TPSA) is 58.0 Å². The van der Waals surface area contributed by atoms with Crippen LogP contribution in [0.1, 0.15) is 31.0 Å². The molecule has 4 heteroatoms. The molecule has 0 aliphatic heterocycles. The molecule has 1 heterocycles. The minimum atomic E-state index is 0.263. The van der Waals surface area contributed by atoms with Crippen molar-refractivity contribution in [1.82, 2.24) is 9.97 Å². The zero-order valence-corrected chi connectivity index (χ0v) is 11.7. The molecule has 4 nitrogen and oxygen atoms in total. The van der Waals surface area contributed by atoms with E-state index in [1.54, 1.807) is 12.1 Å². The van der Waals surface area contributed by atoms with E-state index in [-0.39, 0.29) is 5.75 Å². The summed E-state index contributed by atoms with van der Waals surface area (Å²) in [5, 5.41) is 12.7. The van der Waals surface area contributed by atoms with Crippen LogP contribution in [0.3, 0.4) is 0 Å². The lowest BCUT2D eigenvalue weighted by molar-refractivity contribution is 0.475. The molecular weight excluding hydrogens is 250 g/mol. The van der Waals surface area contributed by atoms with Gasteiger partial charge in [-0.25, -0.2) is 9.97 Å². The lowest BCUT2D eigenvalue weighted by Gasteiger charge is -2.19. The number of nitrogens with zero attached hydrogens (tertiary/aromatic N) is 2. The van der Waals surface area contributed by atoms with Crippen LogP contribution in [0.5, 0.6) is 5.75 Å². The first kappa shape index (κ1) is 12.9. The fourth-order valence-corrected chi connectivity index (χ4v) is 2.65. The Labute approximate surface area is 118 Å². The maximum atomic E-state index is 9.38. The molecular formula is C16H19N3O. The number of rotatable bonds is 3. The van der Waals surface area contributed by atoms with Gasteiger partial charge in [0.25, 0.3) is 0 Å². The number of nitrogens with one attached hydrogen (secondary N) is 1. The molecule has 104 valence electrons. The van der Waals surface area contributed by atoms with Gasteiger partial charge in [0.05, 0.1) is 0 Å². The Balaban J connectivity index is 2.07. The molecule has 0 fully saturated rings. The third-order valence-electron chi connectivity index (χ3n) is 3.65. The Kier molecular flexibility index (Phi) is 3.54. The second-order valence-electron chi connectivity index (χ2n) is 5.11. The van der Waals surface area contributed by atoms with Crippen molar-refractivity contribution in [3.8, 4) is 17.1 Å². The fourth-order valence-electron chi connectivity index (χ4n) is 2.65. The molecule has 0 bridgehead atoms. The predicted molar refractivity (Wildman–Crippen MR) is 79.9 cm³/mol. The first-order chi connectivity index (χ1) is 9.78. The van der Waals surface area contributed by atoms with Gasteiger partial charge in [0.15, 0.2) is 5.82 Å². The molecule has 0 saturated heterocycles. The van der Waals surface area contributed by atoms with Crippen molar-refractivity contribution in [3.63, 3.8) is 0 Å². The number of phenolic OH excluding ortho intramolecular Hbond substituents is 1. The zero-order valence-electron chi connectivity index (χ0n) is 11.7. The molecule has 1 aromatic carbocycles. The smallest absolute Gasteiger partial charge is 0.161 e. The lowest BCUT2D eigenvalue weighted by atomic mass is 9.96. The molecule has 2 aromatic rings. The van der Waals surface area contributed by atoms with Crippen molar-refractivity contribution in [2.75, 3.05) is 11.9 Å². The number of aromatic nitrogens is 2. The van der Waals surface area contributed by atoms with Crippen molar-refractivity contribution in [1.29, 1.82) is 0 Å². The number of hydrogen-bond donors (Lipinski definition) is 2.